The molecule has 2 unspecified atom stereocenters. The van der Waals surface area contributed by atoms with Crippen molar-refractivity contribution in [3.63, 3.8) is 0 Å². The lowest BCUT2D eigenvalue weighted by molar-refractivity contribution is 0.0517. The maximum atomic E-state index is 14.5. The molecule has 1 aromatic carbocycles. The third-order valence-corrected chi connectivity index (χ3v) is 4.27. The fourth-order valence-corrected chi connectivity index (χ4v) is 3.04. The minimum atomic E-state index is -0.535. The van der Waals surface area contributed by atoms with Crippen molar-refractivity contribution in [1.29, 1.82) is 0 Å². The van der Waals surface area contributed by atoms with E-state index in [2.05, 4.69) is 21.1 Å². The number of aliphatic hydroxyl groups excluding tert-OH is 1. The van der Waals surface area contributed by atoms with Crippen LogP contribution in [0.5, 0.6) is 5.88 Å². The Hall–Kier alpha value is -2.04. The van der Waals surface area contributed by atoms with Crippen LogP contribution in [0, 0.1) is 11.7 Å². The van der Waals surface area contributed by atoms with Gasteiger partial charge < -0.3 is 14.6 Å². The van der Waals surface area contributed by atoms with E-state index in [9.17, 15) is 9.18 Å². The van der Waals surface area contributed by atoms with Crippen molar-refractivity contribution in [2.45, 2.75) is 20.3 Å². The highest BCUT2D eigenvalue weighted by atomic mass is 31.0. The van der Waals surface area contributed by atoms with E-state index in [0.29, 0.717) is 29.5 Å². The van der Waals surface area contributed by atoms with Crippen LogP contribution in [0.25, 0.3) is 11.1 Å². The average Bonchev–Trinajstić information content (AvgIpc) is 2.63. The summed E-state index contributed by atoms with van der Waals surface area (Å²) in [5.41, 5.74) is 2.03. The Morgan fingerprint density at radius 3 is 2.77 bits per heavy atom. The highest BCUT2D eigenvalue weighted by Crippen LogP contribution is 2.36. The number of fused-ring (bicyclic) bond motifs is 1. The standard InChI is InChI=1S/C18H19FNO3P.CH4O/c1-3-22-18(21)16-8-13(12-5-4-11(24)7-15(12)19)14-6-10(2)9-23-17(14)20-16;1-2/h4-5,7-8,10H,3,6,9,24H2,1-2H3;2H,1H3. The summed E-state index contributed by atoms with van der Waals surface area (Å²) in [5, 5.41) is 7.76. The Kier molecular flexibility index (Phi) is 7.06. The number of esters is 1. The van der Waals surface area contributed by atoms with E-state index < -0.39 is 5.97 Å². The molecule has 0 bridgehead atoms. The van der Waals surface area contributed by atoms with Gasteiger partial charge in [-0.2, -0.15) is 0 Å². The third-order valence-electron chi connectivity index (χ3n) is 3.91. The summed E-state index contributed by atoms with van der Waals surface area (Å²) < 4.78 is 25.2. The van der Waals surface area contributed by atoms with Crippen LogP contribution in [0.15, 0.2) is 24.3 Å². The van der Waals surface area contributed by atoms with Crippen LogP contribution < -0.4 is 10.0 Å². The van der Waals surface area contributed by atoms with Gasteiger partial charge in [-0.15, -0.1) is 9.24 Å². The van der Waals surface area contributed by atoms with Gasteiger partial charge in [0.2, 0.25) is 5.88 Å². The lowest BCUT2D eigenvalue weighted by Crippen LogP contribution is -2.21. The topological polar surface area (TPSA) is 68.7 Å². The molecule has 26 heavy (non-hydrogen) atoms. The van der Waals surface area contributed by atoms with E-state index in [0.717, 1.165) is 24.4 Å². The third kappa shape index (κ3) is 4.37. The second-order valence-corrected chi connectivity index (χ2v) is 6.59. The Bertz CT molecular complexity index is 797. The number of ether oxygens (including phenoxy) is 2. The molecular formula is C19H23FNO4P. The predicted octanol–water partition coefficient (Wildman–Crippen LogP) is 2.74. The number of pyridine rings is 1. The van der Waals surface area contributed by atoms with Gasteiger partial charge in [-0.3, -0.25) is 0 Å². The van der Waals surface area contributed by atoms with Gasteiger partial charge in [0.15, 0.2) is 5.69 Å². The predicted molar refractivity (Wildman–Crippen MR) is 101 cm³/mol. The van der Waals surface area contributed by atoms with Gasteiger partial charge in [0.25, 0.3) is 0 Å². The molecule has 1 aliphatic heterocycles. The molecule has 1 aromatic heterocycles. The van der Waals surface area contributed by atoms with Crippen molar-refractivity contribution in [1.82, 2.24) is 4.98 Å². The Labute approximate surface area is 154 Å². The van der Waals surface area contributed by atoms with Crippen molar-refractivity contribution >= 4 is 20.5 Å². The summed E-state index contributed by atoms with van der Waals surface area (Å²) in [6, 6.07) is 6.57. The van der Waals surface area contributed by atoms with Crippen LogP contribution in [-0.2, 0) is 11.2 Å². The molecule has 5 nitrogen and oxygen atoms in total. The molecule has 0 amide bonds. The molecule has 0 aliphatic carbocycles. The molecule has 1 aliphatic rings. The van der Waals surface area contributed by atoms with Crippen molar-refractivity contribution in [2.24, 2.45) is 5.92 Å². The van der Waals surface area contributed by atoms with Gasteiger partial charge >= 0.3 is 5.97 Å². The van der Waals surface area contributed by atoms with E-state index >= 15 is 0 Å². The Morgan fingerprint density at radius 2 is 2.12 bits per heavy atom. The lowest BCUT2D eigenvalue weighted by atomic mass is 9.92. The van der Waals surface area contributed by atoms with E-state index in [1.807, 2.05) is 6.07 Å². The maximum absolute atomic E-state index is 14.5. The van der Waals surface area contributed by atoms with Crippen LogP contribution in [0.4, 0.5) is 4.39 Å². The van der Waals surface area contributed by atoms with Gasteiger partial charge in [0.1, 0.15) is 5.82 Å². The lowest BCUT2D eigenvalue weighted by Gasteiger charge is -2.24. The SMILES string of the molecule is CCOC(=O)c1cc(-c2ccc(P)cc2F)c2c(n1)OCC(C)C2.CO. The summed E-state index contributed by atoms with van der Waals surface area (Å²) in [5.74, 6) is -0.186. The number of aromatic nitrogens is 1. The molecule has 3 rings (SSSR count). The maximum Gasteiger partial charge on any atom is 0.357 e. The van der Waals surface area contributed by atoms with Gasteiger partial charge in [-0.1, -0.05) is 19.1 Å². The average molecular weight is 379 g/mol. The summed E-state index contributed by atoms with van der Waals surface area (Å²) in [4.78, 5) is 16.4. The van der Waals surface area contributed by atoms with Crippen molar-refractivity contribution < 1.29 is 23.8 Å². The van der Waals surface area contributed by atoms with Crippen LogP contribution in [0.3, 0.4) is 0 Å². The van der Waals surface area contributed by atoms with Crippen molar-refractivity contribution in [3.05, 3.63) is 41.3 Å². The Morgan fingerprint density at radius 1 is 1.38 bits per heavy atom. The van der Waals surface area contributed by atoms with Gasteiger partial charge in [0, 0.05) is 18.2 Å². The van der Waals surface area contributed by atoms with E-state index in [1.54, 1.807) is 19.1 Å². The number of nitrogens with zero attached hydrogens (tertiary/aromatic N) is 1. The zero-order valence-electron chi connectivity index (χ0n) is 15.1. The molecule has 1 N–H and O–H groups in total. The van der Waals surface area contributed by atoms with Gasteiger partial charge in [0.05, 0.1) is 13.2 Å². The number of carbonyl (C=O) groups is 1. The van der Waals surface area contributed by atoms with Crippen LogP contribution >= 0.6 is 9.24 Å². The molecule has 0 saturated carbocycles. The summed E-state index contributed by atoms with van der Waals surface area (Å²) >= 11 is 0. The summed E-state index contributed by atoms with van der Waals surface area (Å²) in [7, 11) is 3.47. The zero-order valence-corrected chi connectivity index (χ0v) is 16.2. The summed E-state index contributed by atoms with van der Waals surface area (Å²) in [6.07, 6.45) is 0.725. The molecule has 0 saturated heterocycles. The molecule has 0 spiro atoms. The largest absolute Gasteiger partial charge is 0.477 e. The van der Waals surface area contributed by atoms with Crippen LogP contribution in [-0.4, -0.2) is 36.4 Å². The monoisotopic (exact) mass is 379 g/mol. The fraction of sp³-hybridized carbons (Fsp3) is 0.368. The number of aliphatic hydroxyl groups is 1. The van der Waals surface area contributed by atoms with Crippen LogP contribution in [0.2, 0.25) is 0 Å². The molecule has 0 radical (unpaired) electrons. The highest BCUT2D eigenvalue weighted by molar-refractivity contribution is 7.27. The number of carbonyl (C=O) groups excluding carboxylic acids is 1. The minimum Gasteiger partial charge on any atom is -0.477 e. The number of hydrogen-bond acceptors (Lipinski definition) is 5. The molecule has 2 atom stereocenters. The smallest absolute Gasteiger partial charge is 0.357 e. The number of rotatable bonds is 3. The molecule has 2 heterocycles. The van der Waals surface area contributed by atoms with Crippen molar-refractivity contribution in [2.75, 3.05) is 20.3 Å². The molecule has 2 aromatic rings. The molecular weight excluding hydrogens is 356 g/mol. The first-order chi connectivity index (χ1) is 12.5. The van der Waals surface area contributed by atoms with E-state index in [-0.39, 0.29) is 18.1 Å². The Balaban J connectivity index is 0.00000117. The molecule has 140 valence electrons. The second-order valence-electron chi connectivity index (χ2n) is 5.92. The normalized spacial score (nSPS) is 15.2. The van der Waals surface area contributed by atoms with E-state index in [1.165, 1.54) is 6.07 Å². The van der Waals surface area contributed by atoms with Crippen molar-refractivity contribution in [3.8, 4) is 17.0 Å². The first-order valence-corrected chi connectivity index (χ1v) is 8.91. The highest BCUT2D eigenvalue weighted by Gasteiger charge is 2.25. The molecule has 0 fully saturated rings. The minimum absolute atomic E-state index is 0.134. The zero-order chi connectivity index (χ0) is 19.3. The summed E-state index contributed by atoms with van der Waals surface area (Å²) in [6.45, 7) is 4.57. The van der Waals surface area contributed by atoms with Crippen LogP contribution in [0.1, 0.15) is 29.9 Å². The van der Waals surface area contributed by atoms with Gasteiger partial charge in [-0.05, 0) is 42.3 Å². The first-order valence-electron chi connectivity index (χ1n) is 8.33. The second kappa shape index (κ2) is 9.06. The van der Waals surface area contributed by atoms with Gasteiger partial charge in [-0.25, -0.2) is 14.2 Å². The fourth-order valence-electron chi connectivity index (χ4n) is 2.79. The van der Waals surface area contributed by atoms with E-state index in [4.69, 9.17) is 14.6 Å². The number of hydrogen-bond donors (Lipinski definition) is 1. The number of benzene rings is 1. The first kappa shape index (κ1) is 20.3. The molecule has 7 heteroatoms. The quantitative estimate of drug-likeness (QED) is 0.656. The number of halogens is 1.